The summed E-state index contributed by atoms with van der Waals surface area (Å²) in [6, 6.07) is 7.39. The molecule has 3 N–H and O–H groups in total. The zero-order chi connectivity index (χ0) is 12.0. The van der Waals surface area contributed by atoms with Crippen molar-refractivity contribution in [2.45, 2.75) is 24.4 Å². The smallest absolute Gasteiger partial charge is 0.315 e. The van der Waals surface area contributed by atoms with E-state index in [0.29, 0.717) is 5.69 Å². The largest absolute Gasteiger partial charge is 0.481 e. The third-order valence-corrected chi connectivity index (χ3v) is 3.52. The third-order valence-electron chi connectivity index (χ3n) is 3.52. The number of hydrogen-bond acceptors (Lipinski definition) is 3. The van der Waals surface area contributed by atoms with Crippen molar-refractivity contribution < 1.29 is 15.0 Å². The Hall–Kier alpha value is -1.88. The Morgan fingerprint density at radius 2 is 2.12 bits per heavy atom. The number of aliphatic hydroxyl groups is 1. The topological polar surface area (TPSA) is 86.2 Å². The maximum absolute atomic E-state index is 11.4. The Morgan fingerprint density at radius 3 is 2.76 bits per heavy atom. The average Bonchev–Trinajstić information content (AvgIpc) is 2.68. The minimum absolute atomic E-state index is 0.245. The van der Waals surface area contributed by atoms with Crippen molar-refractivity contribution in [3.63, 3.8) is 0 Å². The van der Waals surface area contributed by atoms with Crippen LogP contribution in [0.25, 0.3) is 10.9 Å². The Bertz CT molecular complexity index is 584. The van der Waals surface area contributed by atoms with Gasteiger partial charge in [-0.2, -0.15) is 5.10 Å². The lowest BCUT2D eigenvalue weighted by Crippen LogP contribution is -2.50. The predicted molar refractivity (Wildman–Crippen MR) is 60.6 cm³/mol. The van der Waals surface area contributed by atoms with Crippen LogP contribution in [0.2, 0.25) is 0 Å². The summed E-state index contributed by atoms with van der Waals surface area (Å²) < 4.78 is 0. The number of aliphatic hydroxyl groups excluding tert-OH is 1. The van der Waals surface area contributed by atoms with E-state index in [1.54, 1.807) is 0 Å². The van der Waals surface area contributed by atoms with Gasteiger partial charge < -0.3 is 10.2 Å². The van der Waals surface area contributed by atoms with Gasteiger partial charge >= 0.3 is 5.97 Å². The van der Waals surface area contributed by atoms with E-state index in [9.17, 15) is 15.0 Å². The van der Waals surface area contributed by atoms with Crippen LogP contribution in [-0.2, 0) is 10.2 Å². The molecule has 1 aromatic heterocycles. The molecule has 1 saturated carbocycles. The van der Waals surface area contributed by atoms with E-state index < -0.39 is 17.5 Å². The van der Waals surface area contributed by atoms with Crippen molar-refractivity contribution in [1.29, 1.82) is 0 Å². The van der Waals surface area contributed by atoms with Crippen molar-refractivity contribution >= 4 is 16.9 Å². The van der Waals surface area contributed by atoms with Crippen molar-refractivity contribution in [3.8, 4) is 0 Å². The molecule has 0 aliphatic heterocycles. The molecule has 0 radical (unpaired) electrons. The van der Waals surface area contributed by atoms with Gasteiger partial charge in [0, 0.05) is 5.39 Å². The maximum Gasteiger partial charge on any atom is 0.315 e. The fraction of sp³-hybridized carbons (Fsp3) is 0.333. The van der Waals surface area contributed by atoms with E-state index in [4.69, 9.17) is 0 Å². The number of carboxylic acids is 1. The van der Waals surface area contributed by atoms with Gasteiger partial charge in [-0.3, -0.25) is 9.89 Å². The van der Waals surface area contributed by atoms with Gasteiger partial charge in [-0.05, 0) is 18.9 Å². The third kappa shape index (κ3) is 1.29. The molecule has 1 aliphatic carbocycles. The normalized spacial score (nSPS) is 27.9. The first-order valence-corrected chi connectivity index (χ1v) is 5.48. The fourth-order valence-corrected chi connectivity index (χ4v) is 2.55. The molecule has 0 saturated heterocycles. The summed E-state index contributed by atoms with van der Waals surface area (Å²) in [5.41, 5.74) is 0.352. The highest BCUT2D eigenvalue weighted by atomic mass is 16.4. The summed E-state index contributed by atoms with van der Waals surface area (Å²) in [5.74, 6) is -0.905. The van der Waals surface area contributed by atoms with Crippen molar-refractivity contribution in [2.75, 3.05) is 0 Å². The molecule has 0 atom stereocenters. The molecule has 0 spiro atoms. The van der Waals surface area contributed by atoms with Crippen LogP contribution >= 0.6 is 0 Å². The van der Waals surface area contributed by atoms with Crippen LogP contribution in [0.3, 0.4) is 0 Å². The molecule has 1 aromatic carbocycles. The number of aromatic amines is 1. The highest BCUT2D eigenvalue weighted by Crippen LogP contribution is 2.45. The van der Waals surface area contributed by atoms with E-state index in [2.05, 4.69) is 10.2 Å². The van der Waals surface area contributed by atoms with Crippen LogP contribution in [-0.4, -0.2) is 32.5 Å². The van der Waals surface area contributed by atoms with Crippen molar-refractivity contribution in [1.82, 2.24) is 10.2 Å². The molecule has 3 rings (SSSR count). The molecular weight excluding hydrogens is 220 g/mol. The number of nitrogens with zero attached hydrogens (tertiary/aromatic N) is 1. The highest BCUT2D eigenvalue weighted by Gasteiger charge is 2.53. The Morgan fingerprint density at radius 1 is 1.41 bits per heavy atom. The lowest BCUT2D eigenvalue weighted by molar-refractivity contribution is -0.153. The monoisotopic (exact) mass is 232 g/mol. The van der Waals surface area contributed by atoms with Gasteiger partial charge in [0.15, 0.2) is 0 Å². The molecule has 17 heavy (non-hydrogen) atoms. The standard InChI is InChI=1S/C12H12N2O3/c15-7-5-12(6-7,11(16)17)10-8-3-1-2-4-9(8)13-14-10/h1-4,7,15H,5-6H2,(H,13,14)(H,16,17). The zero-order valence-electron chi connectivity index (χ0n) is 9.05. The number of carbonyl (C=O) groups is 1. The number of nitrogens with one attached hydrogen (secondary N) is 1. The number of carboxylic acid groups (broad SMARTS) is 1. The Labute approximate surface area is 97.1 Å². The Balaban J connectivity index is 2.17. The SMILES string of the molecule is O=C(O)C1(c2[nH]nc3ccccc23)CC(O)C1. The zero-order valence-corrected chi connectivity index (χ0v) is 9.05. The Kier molecular flexibility index (Phi) is 2.00. The predicted octanol–water partition coefficient (Wildman–Crippen LogP) is 1.04. The molecule has 2 aromatic rings. The summed E-state index contributed by atoms with van der Waals surface area (Å²) in [6.45, 7) is 0. The molecule has 1 fully saturated rings. The van der Waals surface area contributed by atoms with Gasteiger partial charge in [-0.1, -0.05) is 18.2 Å². The second-order valence-corrected chi connectivity index (χ2v) is 4.57. The van der Waals surface area contributed by atoms with Crippen LogP contribution in [0.5, 0.6) is 0 Å². The van der Waals surface area contributed by atoms with Crippen LogP contribution in [0, 0.1) is 0 Å². The average molecular weight is 232 g/mol. The number of para-hydroxylation sites is 1. The summed E-state index contributed by atoms with van der Waals surface area (Å²) in [5, 5.41) is 26.5. The highest BCUT2D eigenvalue weighted by molar-refractivity contribution is 5.91. The first-order valence-electron chi connectivity index (χ1n) is 5.48. The summed E-state index contributed by atoms with van der Waals surface area (Å²) in [6.07, 6.45) is -0.0450. The van der Waals surface area contributed by atoms with E-state index >= 15 is 0 Å². The number of fused-ring (bicyclic) bond motifs is 1. The minimum Gasteiger partial charge on any atom is -0.481 e. The van der Waals surface area contributed by atoms with Crippen LogP contribution in [0.1, 0.15) is 18.5 Å². The number of aromatic nitrogens is 2. The quantitative estimate of drug-likeness (QED) is 0.722. The maximum atomic E-state index is 11.4. The van der Waals surface area contributed by atoms with Crippen LogP contribution in [0.15, 0.2) is 24.3 Å². The van der Waals surface area contributed by atoms with E-state index in [-0.39, 0.29) is 12.8 Å². The first-order chi connectivity index (χ1) is 8.13. The lowest BCUT2D eigenvalue weighted by atomic mass is 9.64. The summed E-state index contributed by atoms with van der Waals surface area (Å²) >= 11 is 0. The number of rotatable bonds is 2. The number of aliphatic carboxylic acids is 1. The van der Waals surface area contributed by atoms with E-state index in [0.717, 1.165) is 10.9 Å². The minimum atomic E-state index is -1.00. The van der Waals surface area contributed by atoms with Gasteiger partial charge in [0.2, 0.25) is 0 Å². The molecule has 5 heteroatoms. The second kappa shape index (κ2) is 3.30. The van der Waals surface area contributed by atoms with Crippen molar-refractivity contribution in [2.24, 2.45) is 0 Å². The van der Waals surface area contributed by atoms with Gasteiger partial charge in [0.1, 0.15) is 5.41 Å². The molecule has 0 bridgehead atoms. The number of H-pyrrole nitrogens is 1. The van der Waals surface area contributed by atoms with Gasteiger partial charge in [-0.25, -0.2) is 0 Å². The van der Waals surface area contributed by atoms with E-state index in [1.165, 1.54) is 0 Å². The van der Waals surface area contributed by atoms with Gasteiger partial charge in [-0.15, -0.1) is 0 Å². The van der Waals surface area contributed by atoms with Crippen LogP contribution < -0.4 is 0 Å². The van der Waals surface area contributed by atoms with E-state index in [1.807, 2.05) is 24.3 Å². The molecule has 0 unspecified atom stereocenters. The molecule has 5 nitrogen and oxygen atoms in total. The molecular formula is C12H12N2O3. The second-order valence-electron chi connectivity index (χ2n) is 4.57. The summed E-state index contributed by atoms with van der Waals surface area (Å²) in [7, 11) is 0. The van der Waals surface area contributed by atoms with Crippen molar-refractivity contribution in [3.05, 3.63) is 30.0 Å². The molecule has 1 aliphatic rings. The molecule has 88 valence electrons. The van der Waals surface area contributed by atoms with Gasteiger partial charge in [0.25, 0.3) is 0 Å². The summed E-state index contributed by atoms with van der Waals surface area (Å²) in [4.78, 5) is 11.4. The van der Waals surface area contributed by atoms with Crippen LogP contribution in [0.4, 0.5) is 0 Å². The van der Waals surface area contributed by atoms with Gasteiger partial charge in [0.05, 0.1) is 17.3 Å². The number of hydrogen-bond donors (Lipinski definition) is 3. The number of benzene rings is 1. The first kappa shape index (κ1) is 10.3. The molecule has 0 amide bonds. The lowest BCUT2D eigenvalue weighted by Gasteiger charge is -2.40. The fourth-order valence-electron chi connectivity index (χ4n) is 2.55. The molecule has 1 heterocycles.